The van der Waals surface area contributed by atoms with Crippen molar-refractivity contribution in [2.45, 2.75) is 19.5 Å². The predicted molar refractivity (Wildman–Crippen MR) is 97.2 cm³/mol. The van der Waals surface area contributed by atoms with E-state index >= 15 is 0 Å². The number of halogens is 1. The average Bonchev–Trinajstić information content (AvgIpc) is 2.59. The zero-order valence-electron chi connectivity index (χ0n) is 14.1. The van der Waals surface area contributed by atoms with Crippen LogP contribution in [-0.2, 0) is 17.9 Å². The minimum atomic E-state index is 0.0208. The van der Waals surface area contributed by atoms with Crippen LogP contribution in [0.2, 0.25) is 5.02 Å². The number of carbonyl (C=O) groups is 1. The van der Waals surface area contributed by atoms with Gasteiger partial charge in [0, 0.05) is 31.1 Å². The number of hydrogen-bond acceptors (Lipinski definition) is 3. The maximum absolute atomic E-state index is 12.0. The van der Waals surface area contributed by atoms with Gasteiger partial charge >= 0.3 is 0 Å². The summed E-state index contributed by atoms with van der Waals surface area (Å²) in [6, 6.07) is 15.5. The highest BCUT2D eigenvalue weighted by Gasteiger charge is 2.07. The smallest absolute Gasteiger partial charge is 0.221 e. The van der Waals surface area contributed by atoms with Crippen LogP contribution < -0.4 is 10.1 Å². The number of carbonyl (C=O) groups excluding carboxylic acids is 1. The number of nitrogens with zero attached hydrogens (tertiary/aromatic N) is 1. The van der Waals surface area contributed by atoms with Crippen molar-refractivity contribution in [1.82, 2.24) is 10.2 Å². The predicted octanol–water partition coefficient (Wildman–Crippen LogP) is 3.49. The molecule has 4 nitrogen and oxygen atoms in total. The number of nitrogens with one attached hydrogen (secondary N) is 1. The number of ether oxygens (including phenoxy) is 1. The summed E-state index contributed by atoms with van der Waals surface area (Å²) >= 11 is 6.08. The largest absolute Gasteiger partial charge is 0.497 e. The molecule has 0 aromatic heterocycles. The van der Waals surface area contributed by atoms with Crippen molar-refractivity contribution in [3.05, 3.63) is 64.7 Å². The second-order valence-electron chi connectivity index (χ2n) is 5.71. The van der Waals surface area contributed by atoms with Crippen LogP contribution in [0.15, 0.2) is 48.5 Å². The van der Waals surface area contributed by atoms with E-state index < -0.39 is 0 Å². The number of rotatable bonds is 8. The molecule has 0 spiro atoms. The second-order valence-corrected chi connectivity index (χ2v) is 6.11. The molecule has 0 aliphatic heterocycles. The van der Waals surface area contributed by atoms with Crippen molar-refractivity contribution in [3.8, 4) is 5.75 Å². The van der Waals surface area contributed by atoms with Crippen molar-refractivity contribution >= 4 is 17.5 Å². The standard InChI is InChI=1S/C19H23ClN2O2/c1-22(14-15-6-5-8-17(12-15)24-2)11-10-19(23)21-13-16-7-3-4-9-18(16)20/h3-9,12H,10-11,13-14H2,1-2H3,(H,21,23). The molecule has 0 atom stereocenters. The lowest BCUT2D eigenvalue weighted by molar-refractivity contribution is -0.121. The maximum Gasteiger partial charge on any atom is 0.221 e. The van der Waals surface area contributed by atoms with Gasteiger partial charge in [-0.05, 0) is 36.4 Å². The van der Waals surface area contributed by atoms with Crippen molar-refractivity contribution in [2.75, 3.05) is 20.7 Å². The molecular formula is C19H23ClN2O2. The Morgan fingerprint density at radius 1 is 1.21 bits per heavy atom. The van der Waals surface area contributed by atoms with E-state index in [1.54, 1.807) is 7.11 Å². The zero-order valence-corrected chi connectivity index (χ0v) is 14.8. The van der Waals surface area contributed by atoms with Gasteiger partial charge in [0.2, 0.25) is 5.91 Å². The highest BCUT2D eigenvalue weighted by Crippen LogP contribution is 2.15. The molecule has 1 amide bonds. The monoisotopic (exact) mass is 346 g/mol. The highest BCUT2D eigenvalue weighted by molar-refractivity contribution is 6.31. The summed E-state index contributed by atoms with van der Waals surface area (Å²) in [4.78, 5) is 14.1. The van der Waals surface area contributed by atoms with Crippen molar-refractivity contribution in [1.29, 1.82) is 0 Å². The van der Waals surface area contributed by atoms with Gasteiger partial charge in [0.1, 0.15) is 5.75 Å². The first-order valence-electron chi connectivity index (χ1n) is 7.90. The summed E-state index contributed by atoms with van der Waals surface area (Å²) in [6.45, 7) is 1.92. The molecule has 0 bridgehead atoms. The topological polar surface area (TPSA) is 41.6 Å². The Morgan fingerprint density at radius 3 is 2.75 bits per heavy atom. The molecule has 5 heteroatoms. The van der Waals surface area contributed by atoms with Crippen LogP contribution in [0.25, 0.3) is 0 Å². The number of methoxy groups -OCH3 is 1. The van der Waals surface area contributed by atoms with E-state index in [9.17, 15) is 4.79 Å². The van der Waals surface area contributed by atoms with Gasteiger partial charge in [0.05, 0.1) is 7.11 Å². The zero-order chi connectivity index (χ0) is 17.4. The van der Waals surface area contributed by atoms with Gasteiger partial charge in [0.25, 0.3) is 0 Å². The molecule has 0 saturated carbocycles. The Balaban J connectivity index is 1.73. The Labute approximate surface area is 148 Å². The van der Waals surface area contributed by atoms with E-state index in [1.807, 2.05) is 49.5 Å². The quantitative estimate of drug-likeness (QED) is 0.795. The third-order valence-electron chi connectivity index (χ3n) is 3.74. The molecule has 2 aromatic carbocycles. The Bertz CT molecular complexity index is 676. The van der Waals surface area contributed by atoms with Crippen LogP contribution in [0.5, 0.6) is 5.75 Å². The van der Waals surface area contributed by atoms with Gasteiger partial charge in [-0.2, -0.15) is 0 Å². The van der Waals surface area contributed by atoms with Crippen molar-refractivity contribution in [2.24, 2.45) is 0 Å². The summed E-state index contributed by atoms with van der Waals surface area (Å²) in [6.07, 6.45) is 0.449. The molecule has 128 valence electrons. The third-order valence-corrected chi connectivity index (χ3v) is 4.11. The average molecular weight is 347 g/mol. The summed E-state index contributed by atoms with van der Waals surface area (Å²) in [5, 5.41) is 3.58. The fraction of sp³-hybridized carbons (Fsp3) is 0.316. The van der Waals surface area contributed by atoms with E-state index in [-0.39, 0.29) is 5.91 Å². The van der Waals surface area contributed by atoms with Gasteiger partial charge in [-0.15, -0.1) is 0 Å². The number of hydrogen-bond donors (Lipinski definition) is 1. The summed E-state index contributed by atoms with van der Waals surface area (Å²) < 4.78 is 5.22. The SMILES string of the molecule is COc1cccc(CN(C)CCC(=O)NCc2ccccc2Cl)c1. The minimum absolute atomic E-state index is 0.0208. The van der Waals surface area contributed by atoms with Gasteiger partial charge in [-0.1, -0.05) is 41.9 Å². The first-order valence-corrected chi connectivity index (χ1v) is 8.28. The van der Waals surface area contributed by atoms with Crippen LogP contribution in [0.3, 0.4) is 0 Å². The first-order chi connectivity index (χ1) is 11.6. The Kier molecular flexibility index (Phi) is 7.09. The molecule has 0 radical (unpaired) electrons. The molecule has 2 rings (SSSR count). The Morgan fingerprint density at radius 2 is 2.00 bits per heavy atom. The molecular weight excluding hydrogens is 324 g/mol. The molecule has 0 aliphatic rings. The van der Waals surface area contributed by atoms with Gasteiger partial charge in [-0.3, -0.25) is 4.79 Å². The number of benzene rings is 2. The van der Waals surface area contributed by atoms with Crippen LogP contribution in [0, 0.1) is 0 Å². The molecule has 0 saturated heterocycles. The van der Waals surface area contributed by atoms with E-state index in [2.05, 4.69) is 16.3 Å². The molecule has 0 heterocycles. The summed E-state index contributed by atoms with van der Waals surface area (Å²) in [7, 11) is 3.66. The fourth-order valence-corrected chi connectivity index (χ4v) is 2.58. The first kappa shape index (κ1) is 18.3. The van der Waals surface area contributed by atoms with Crippen molar-refractivity contribution in [3.63, 3.8) is 0 Å². The van der Waals surface area contributed by atoms with Crippen LogP contribution >= 0.6 is 11.6 Å². The van der Waals surface area contributed by atoms with E-state index in [0.29, 0.717) is 24.5 Å². The Hall–Kier alpha value is -2.04. The van der Waals surface area contributed by atoms with Gasteiger partial charge in [0.15, 0.2) is 0 Å². The van der Waals surface area contributed by atoms with E-state index in [4.69, 9.17) is 16.3 Å². The lowest BCUT2D eigenvalue weighted by atomic mass is 10.2. The molecule has 1 N–H and O–H groups in total. The highest BCUT2D eigenvalue weighted by atomic mass is 35.5. The maximum atomic E-state index is 12.0. The van der Waals surface area contributed by atoms with Crippen LogP contribution in [0.4, 0.5) is 0 Å². The lowest BCUT2D eigenvalue weighted by Crippen LogP contribution is -2.28. The lowest BCUT2D eigenvalue weighted by Gasteiger charge is -2.17. The van der Waals surface area contributed by atoms with Crippen LogP contribution in [-0.4, -0.2) is 31.5 Å². The van der Waals surface area contributed by atoms with Gasteiger partial charge < -0.3 is 15.0 Å². The molecule has 2 aromatic rings. The number of amides is 1. The molecule has 0 unspecified atom stereocenters. The second kappa shape index (κ2) is 9.30. The van der Waals surface area contributed by atoms with E-state index in [1.165, 1.54) is 0 Å². The molecule has 0 aliphatic carbocycles. The minimum Gasteiger partial charge on any atom is -0.497 e. The van der Waals surface area contributed by atoms with E-state index in [0.717, 1.165) is 23.4 Å². The fourth-order valence-electron chi connectivity index (χ4n) is 2.38. The third kappa shape index (κ3) is 5.87. The van der Waals surface area contributed by atoms with Crippen LogP contribution in [0.1, 0.15) is 17.5 Å². The van der Waals surface area contributed by atoms with Crippen molar-refractivity contribution < 1.29 is 9.53 Å². The normalized spacial score (nSPS) is 10.7. The summed E-state index contributed by atoms with van der Waals surface area (Å²) in [5.41, 5.74) is 2.09. The summed E-state index contributed by atoms with van der Waals surface area (Å²) in [5.74, 6) is 0.866. The molecule has 24 heavy (non-hydrogen) atoms. The van der Waals surface area contributed by atoms with Gasteiger partial charge in [-0.25, -0.2) is 0 Å². The molecule has 0 fully saturated rings.